The van der Waals surface area contributed by atoms with Gasteiger partial charge in [0.15, 0.2) is 0 Å². The van der Waals surface area contributed by atoms with Crippen LogP contribution in [-0.4, -0.2) is 93.4 Å². The second-order valence-electron chi connectivity index (χ2n) is 35.6. The van der Waals surface area contributed by atoms with Crippen LogP contribution in [0.3, 0.4) is 0 Å². The molecule has 1 aliphatic heterocycles. The molecule has 18 aromatic rings. The van der Waals surface area contributed by atoms with Crippen LogP contribution in [-0.2, 0) is 57.4 Å². The second kappa shape index (κ2) is 53.0. The number of nitrogens with zero attached hydrogens (tertiary/aromatic N) is 7. The van der Waals surface area contributed by atoms with E-state index in [-0.39, 0.29) is 45.0 Å². The fourth-order valence-corrected chi connectivity index (χ4v) is 25.9. The average Bonchev–Trinajstić information content (AvgIpc) is 1.62. The summed E-state index contributed by atoms with van der Waals surface area (Å²) in [4.78, 5) is 8.89. The quantitative estimate of drug-likeness (QED) is 0.0304. The minimum absolute atomic E-state index is 0. The van der Waals surface area contributed by atoms with Gasteiger partial charge in [0.1, 0.15) is 31.0 Å². The van der Waals surface area contributed by atoms with Gasteiger partial charge in [-0.1, -0.05) is 403 Å². The first kappa shape index (κ1) is 105. The van der Waals surface area contributed by atoms with Gasteiger partial charge in [-0.3, -0.25) is 5.10 Å². The molecule has 1 saturated heterocycles. The molecule has 6 aromatic heterocycles. The van der Waals surface area contributed by atoms with Crippen molar-refractivity contribution >= 4 is 162 Å². The van der Waals surface area contributed by atoms with E-state index in [1.807, 2.05) is 102 Å². The normalized spacial score (nSPS) is 12.7. The van der Waals surface area contributed by atoms with Gasteiger partial charge in [0, 0.05) is 126 Å². The zero-order valence-electron chi connectivity index (χ0n) is 79.8. The van der Waals surface area contributed by atoms with Crippen LogP contribution >= 0.6 is 47.6 Å². The topological polar surface area (TPSA) is 128 Å². The third-order valence-corrected chi connectivity index (χ3v) is 36.5. The molecule has 0 bridgehead atoms. The number of rotatable bonds is 27. The van der Waals surface area contributed by atoms with Crippen LogP contribution in [0.25, 0.3) is 33.2 Å². The summed E-state index contributed by atoms with van der Waals surface area (Å²) in [7, 11) is -4.19. The third kappa shape index (κ3) is 30.8. The molecular formula is C114H124BBrN8O5P4PdSi2. The fraction of sp³-hybridized carbons (Fsp3) is 0.193. The Kier molecular flexibility index (Phi) is 40.7. The Balaban J connectivity index is 0.000000143. The largest absolute Gasteiger partial charge is 0.498 e. The monoisotopic (exact) mass is 2060 g/mol. The van der Waals surface area contributed by atoms with Crippen LogP contribution in [0, 0.1) is 0 Å². The molecular weight excluding hydrogens is 1940 g/mol. The van der Waals surface area contributed by atoms with Crippen LogP contribution in [0.2, 0.25) is 51.4 Å². The minimum atomic E-state index is -1.04. The molecule has 12 aromatic carbocycles. The van der Waals surface area contributed by atoms with E-state index in [9.17, 15) is 0 Å². The van der Waals surface area contributed by atoms with Crippen molar-refractivity contribution < 1.29 is 43.9 Å². The maximum atomic E-state index is 5.99. The Hall–Kier alpha value is -10.4. The first-order valence-electron chi connectivity index (χ1n) is 46.1. The summed E-state index contributed by atoms with van der Waals surface area (Å²) in [6, 6.07) is 140. The summed E-state index contributed by atoms with van der Waals surface area (Å²) in [5.41, 5.74) is 4.40. The zero-order chi connectivity index (χ0) is 94.7. The van der Waals surface area contributed by atoms with Crippen molar-refractivity contribution in [2.24, 2.45) is 0 Å². The Bertz CT molecular complexity index is 5560. The number of fused-ring (bicyclic) bond motifs is 2. The van der Waals surface area contributed by atoms with E-state index in [2.05, 4.69) is 461 Å². The Labute approximate surface area is 835 Å². The number of H-pyrrole nitrogens is 1. The van der Waals surface area contributed by atoms with Gasteiger partial charge in [-0.25, -0.2) is 14.6 Å². The zero-order valence-corrected chi connectivity index (χ0v) is 88.5. The van der Waals surface area contributed by atoms with Crippen molar-refractivity contribution in [1.29, 1.82) is 0 Å². The first-order chi connectivity index (χ1) is 65.6. The van der Waals surface area contributed by atoms with Crippen molar-refractivity contribution in [3.05, 3.63) is 442 Å². The molecule has 1 atom stereocenters. The van der Waals surface area contributed by atoms with Gasteiger partial charge in [0.2, 0.25) is 0 Å². The number of pyridine rings is 2. The first-order valence-corrected chi connectivity index (χ1v) is 59.7. The molecule has 19 rings (SSSR count). The van der Waals surface area contributed by atoms with Gasteiger partial charge >= 0.3 is 7.12 Å². The van der Waals surface area contributed by atoms with E-state index in [4.69, 9.17) is 23.5 Å². The molecule has 136 heavy (non-hydrogen) atoms. The predicted molar refractivity (Wildman–Crippen MR) is 588 cm³/mol. The minimum Gasteiger partial charge on any atom is -0.399 e. The molecule has 22 heteroatoms. The number of halogens is 1. The van der Waals surface area contributed by atoms with Crippen LogP contribution in [0.5, 0.6) is 0 Å². The third-order valence-electron chi connectivity index (χ3n) is 22.6. The summed E-state index contributed by atoms with van der Waals surface area (Å²) in [5, 5.41) is 30.2. The second-order valence-corrected chi connectivity index (χ2v) is 56.6. The van der Waals surface area contributed by atoms with E-state index >= 15 is 0 Å². The summed E-state index contributed by atoms with van der Waals surface area (Å²) in [6.45, 7) is 29.7. The van der Waals surface area contributed by atoms with Crippen LogP contribution < -0.4 is 69.1 Å². The summed E-state index contributed by atoms with van der Waals surface area (Å²) in [5.74, 6) is 0. The van der Waals surface area contributed by atoms with Crippen LogP contribution in [0.4, 0.5) is 0 Å². The molecule has 0 radical (unpaired) electrons. The van der Waals surface area contributed by atoms with Crippen molar-refractivity contribution in [1.82, 2.24) is 39.1 Å². The molecule has 1 fully saturated rings. The molecule has 1 unspecified atom stereocenters. The van der Waals surface area contributed by atoms with E-state index in [0.29, 0.717) is 20.1 Å². The van der Waals surface area contributed by atoms with Gasteiger partial charge in [0.05, 0.1) is 17.4 Å². The molecule has 0 spiro atoms. The molecule has 1 N–H and O–H groups in total. The molecule has 698 valence electrons. The average molecular weight is 2060 g/mol. The number of benzene rings is 12. The smallest absolute Gasteiger partial charge is 0.399 e. The van der Waals surface area contributed by atoms with Crippen molar-refractivity contribution in [2.45, 2.75) is 124 Å². The summed E-state index contributed by atoms with van der Waals surface area (Å²) in [6.07, 6.45) is 15.1. The predicted octanol–water partition coefficient (Wildman–Crippen LogP) is 23.4. The number of aromatic nitrogens is 8. The van der Waals surface area contributed by atoms with Crippen molar-refractivity contribution in [3.8, 4) is 11.1 Å². The van der Waals surface area contributed by atoms with E-state index in [1.165, 1.54) is 75.7 Å². The van der Waals surface area contributed by atoms with E-state index in [1.54, 1.807) is 10.9 Å². The number of hydrogen-bond acceptors (Lipinski definition) is 9. The Morgan fingerprint density at radius 2 is 0.669 bits per heavy atom. The SMILES string of the molecule is CCOC(C)n1cc(B2OC(C)(C)C(C)(C)O2)cn1.C[Si](C)(C)CCOCn1ccc2c(-c3cn[nH]c3)ccnc21.C[Si](C)(C)CCOCn1ccc2c(Br)ccnc21.[Pd].c1ccc(P(c2ccccc2)c2ccccc2)cc1.c1ccc(P(c2ccccc2)c2ccccc2)cc1.c1ccc(P(c2ccccc2)c2ccccc2)cc1.c1ccc(P(c2ccccc2)c2ccccc2)cc1. The molecule has 1 aliphatic rings. The van der Waals surface area contributed by atoms with E-state index in [0.717, 1.165) is 56.3 Å². The Morgan fingerprint density at radius 1 is 0.390 bits per heavy atom. The van der Waals surface area contributed by atoms with Crippen LogP contribution in [0.15, 0.2) is 442 Å². The van der Waals surface area contributed by atoms with Gasteiger partial charge in [-0.2, -0.15) is 10.2 Å². The van der Waals surface area contributed by atoms with Gasteiger partial charge in [0.25, 0.3) is 0 Å². The van der Waals surface area contributed by atoms with Gasteiger partial charge in [-0.15, -0.1) is 0 Å². The molecule has 13 nitrogen and oxygen atoms in total. The number of nitrogens with one attached hydrogen (secondary N) is 1. The van der Waals surface area contributed by atoms with Gasteiger partial charge in [-0.05, 0) is 195 Å². The molecule has 0 aliphatic carbocycles. The molecule has 7 heterocycles. The van der Waals surface area contributed by atoms with Crippen LogP contribution in [0.1, 0.15) is 47.8 Å². The van der Waals surface area contributed by atoms with Crippen molar-refractivity contribution in [2.75, 3.05) is 19.8 Å². The number of aromatic amines is 1. The fourth-order valence-electron chi connectivity index (χ4n) is 14.8. The van der Waals surface area contributed by atoms with E-state index < -0.39 is 47.8 Å². The maximum absolute atomic E-state index is 5.99. The maximum Gasteiger partial charge on any atom is 0.498 e. The molecule has 0 amide bonds. The number of hydrogen-bond donors (Lipinski definition) is 1. The summed E-state index contributed by atoms with van der Waals surface area (Å²) < 4.78 is 36.0. The van der Waals surface area contributed by atoms with Crippen molar-refractivity contribution in [3.63, 3.8) is 0 Å². The molecule has 0 saturated carbocycles. The van der Waals surface area contributed by atoms with Gasteiger partial charge < -0.3 is 32.7 Å². The Morgan fingerprint density at radius 3 is 0.941 bits per heavy atom. The number of ether oxygens (including phenoxy) is 3. The standard InChI is InChI=1S/4C18H15P.C16H22N4OSi.C13H23BN2O3.C13H19BrN2OSi.Pd/c4*1-4-10-16(11-5-1)19(17-12-6-2-7-13-17)18-14-8-3-9-15-18;1-22(2,3)9-8-21-12-20-7-5-15-14(4-6-17-16(15)20)13-10-18-19-11-13;1-7-17-10(2)16-9-11(8-15-16)14-18-12(3,4)13(5,6)19-14;1-18(2,3)9-8-17-10-16-7-5-11-12(14)4-6-15-13(11)16;/h4*1-15H;4-7,10-11H,8-9,12H2,1-3H3,(H,18,19);8-10H,7H2,1-6H3;4-7H,8-10H2,1-3H3;. The summed E-state index contributed by atoms with van der Waals surface area (Å²) >= 11 is 3.53.